The number of hydrogen-bond acceptors (Lipinski definition) is 3. The fourth-order valence-corrected chi connectivity index (χ4v) is 3.05. The van der Waals surface area contributed by atoms with Gasteiger partial charge in [-0.15, -0.1) is 0 Å². The molecule has 4 heteroatoms. The Morgan fingerprint density at radius 2 is 1.77 bits per heavy atom. The highest BCUT2D eigenvalue weighted by atomic mass is 32.2. The molecule has 1 aromatic rings. The summed E-state index contributed by atoms with van der Waals surface area (Å²) in [4.78, 5) is 24.9. The maximum atomic E-state index is 11.8. The molecule has 22 heavy (non-hydrogen) atoms. The number of thioether (sulfide) groups is 1. The molecule has 2 aliphatic rings. The van der Waals surface area contributed by atoms with Crippen LogP contribution in [0.1, 0.15) is 25.8 Å². The van der Waals surface area contributed by atoms with Crippen molar-refractivity contribution in [1.82, 2.24) is 4.90 Å². The number of imide groups is 1. The zero-order valence-electron chi connectivity index (χ0n) is 13.0. The fraction of sp³-hybridized carbons (Fsp3) is 0.222. The summed E-state index contributed by atoms with van der Waals surface area (Å²) < 4.78 is 0. The van der Waals surface area contributed by atoms with Gasteiger partial charge in [0.15, 0.2) is 0 Å². The molecule has 0 N–H and O–H groups in total. The van der Waals surface area contributed by atoms with E-state index in [0.29, 0.717) is 4.91 Å². The van der Waals surface area contributed by atoms with E-state index < -0.39 is 0 Å². The molecular weight excluding hydrogens is 294 g/mol. The zero-order chi connectivity index (χ0) is 16.1. The van der Waals surface area contributed by atoms with Gasteiger partial charge in [0.1, 0.15) is 0 Å². The van der Waals surface area contributed by atoms with Gasteiger partial charge in [-0.1, -0.05) is 56.3 Å². The Bertz CT molecular complexity index is 672. The molecule has 1 heterocycles. The van der Waals surface area contributed by atoms with Crippen molar-refractivity contribution in [3.8, 4) is 0 Å². The number of likely N-dealkylation sites (N-methyl/N-ethyl adjacent to an activating group) is 1. The van der Waals surface area contributed by atoms with Gasteiger partial charge >= 0.3 is 0 Å². The highest BCUT2D eigenvalue weighted by molar-refractivity contribution is 8.18. The van der Waals surface area contributed by atoms with E-state index in [1.54, 1.807) is 0 Å². The van der Waals surface area contributed by atoms with Crippen molar-refractivity contribution in [3.63, 3.8) is 0 Å². The Hall–Kier alpha value is -2.07. The lowest BCUT2D eigenvalue weighted by Crippen LogP contribution is -2.22. The van der Waals surface area contributed by atoms with Gasteiger partial charge in [0.25, 0.3) is 11.1 Å². The second kappa shape index (κ2) is 7.27. The van der Waals surface area contributed by atoms with Crippen LogP contribution in [0.3, 0.4) is 0 Å². The molecule has 0 atom stereocenters. The second-order valence-electron chi connectivity index (χ2n) is 4.72. The lowest BCUT2D eigenvalue weighted by atomic mass is 10.0. The van der Waals surface area contributed by atoms with Gasteiger partial charge in [-0.25, -0.2) is 0 Å². The molecule has 3 nitrogen and oxygen atoms in total. The smallest absolute Gasteiger partial charge is 0.272 e. The summed E-state index contributed by atoms with van der Waals surface area (Å²) in [5.41, 5.74) is 3.48. The number of carbonyl (C=O) groups excluding carboxylic acids is 2. The molecule has 2 amide bonds. The average molecular weight is 313 g/mol. The van der Waals surface area contributed by atoms with Crippen molar-refractivity contribution in [1.29, 1.82) is 0 Å². The van der Waals surface area contributed by atoms with Crippen LogP contribution in [0, 0.1) is 0 Å². The number of benzene rings is 1. The van der Waals surface area contributed by atoms with E-state index >= 15 is 0 Å². The van der Waals surface area contributed by atoms with Crippen LogP contribution >= 0.6 is 11.8 Å². The topological polar surface area (TPSA) is 37.4 Å². The van der Waals surface area contributed by atoms with Crippen molar-refractivity contribution in [3.05, 3.63) is 64.6 Å². The highest BCUT2D eigenvalue weighted by Gasteiger charge is 2.32. The normalized spacial score (nSPS) is 19.0. The third-order valence-electron chi connectivity index (χ3n) is 3.34. The maximum absolute atomic E-state index is 11.8. The van der Waals surface area contributed by atoms with E-state index in [1.165, 1.54) is 18.2 Å². The molecule has 0 spiro atoms. The number of hydrogen-bond donors (Lipinski definition) is 0. The van der Waals surface area contributed by atoms with Crippen molar-refractivity contribution in [2.75, 3.05) is 7.05 Å². The molecule has 1 aromatic carbocycles. The van der Waals surface area contributed by atoms with Crippen molar-refractivity contribution in [2.45, 2.75) is 20.3 Å². The Morgan fingerprint density at radius 3 is 2.36 bits per heavy atom. The summed E-state index contributed by atoms with van der Waals surface area (Å²) in [6.45, 7) is 4.00. The van der Waals surface area contributed by atoms with E-state index in [0.717, 1.165) is 28.7 Å². The Morgan fingerprint density at radius 1 is 1.09 bits per heavy atom. The van der Waals surface area contributed by atoms with Crippen LogP contribution < -0.4 is 0 Å². The first-order chi connectivity index (χ1) is 10.6. The molecular formula is C18H19NO2S. The molecule has 1 aliphatic carbocycles. The van der Waals surface area contributed by atoms with Gasteiger partial charge in [-0.2, -0.15) is 0 Å². The predicted octanol–water partition coefficient (Wildman–Crippen LogP) is 4.64. The standard InChI is InChI=1S/C16H13NO2S.C2H6/c1-17-15(18)14(20-16(17)19)10-11-7-8-13(9-11)12-5-3-2-4-6-12;1-2/h2-8,10H,9H2,1H3;1-2H3/b14-10-;. The third kappa shape index (κ3) is 3.39. The van der Waals surface area contributed by atoms with Gasteiger partial charge in [0, 0.05) is 7.05 Å². The minimum absolute atomic E-state index is 0.212. The lowest BCUT2D eigenvalue weighted by Gasteiger charge is -2.03. The first kappa shape index (κ1) is 16.3. The minimum atomic E-state index is -0.214. The largest absolute Gasteiger partial charge is 0.293 e. The van der Waals surface area contributed by atoms with Crippen molar-refractivity contribution >= 4 is 28.5 Å². The number of amides is 2. The van der Waals surface area contributed by atoms with Crippen LogP contribution in [-0.4, -0.2) is 23.1 Å². The summed E-state index contributed by atoms with van der Waals surface area (Å²) in [6.07, 6.45) is 6.68. The molecule has 0 radical (unpaired) electrons. The first-order valence-corrected chi connectivity index (χ1v) is 8.13. The lowest BCUT2D eigenvalue weighted by molar-refractivity contribution is -0.121. The Balaban J connectivity index is 0.000000847. The van der Waals surface area contributed by atoms with Crippen LogP contribution in [0.4, 0.5) is 4.79 Å². The molecule has 1 fully saturated rings. The van der Waals surface area contributed by atoms with E-state index in [9.17, 15) is 9.59 Å². The predicted molar refractivity (Wildman–Crippen MR) is 92.3 cm³/mol. The van der Waals surface area contributed by atoms with Gasteiger partial charge in [-0.05, 0) is 41.0 Å². The number of allylic oxidation sites excluding steroid dienone is 5. The summed E-state index contributed by atoms with van der Waals surface area (Å²) in [7, 11) is 1.51. The Labute approximate surface area is 135 Å². The van der Waals surface area contributed by atoms with Crippen LogP contribution in [0.25, 0.3) is 5.57 Å². The molecule has 1 aliphatic heterocycles. The first-order valence-electron chi connectivity index (χ1n) is 7.32. The molecule has 0 aromatic heterocycles. The number of rotatable bonds is 2. The maximum Gasteiger partial charge on any atom is 0.293 e. The van der Waals surface area contributed by atoms with Crippen LogP contribution in [0.15, 0.2) is 59.0 Å². The van der Waals surface area contributed by atoms with Gasteiger partial charge in [-0.3, -0.25) is 14.5 Å². The fourth-order valence-electron chi connectivity index (χ4n) is 2.21. The van der Waals surface area contributed by atoms with Crippen molar-refractivity contribution < 1.29 is 9.59 Å². The molecule has 0 unspecified atom stereocenters. The number of carbonyl (C=O) groups is 2. The van der Waals surface area contributed by atoms with E-state index in [2.05, 4.69) is 18.2 Å². The van der Waals surface area contributed by atoms with E-state index in [1.807, 2.05) is 44.2 Å². The van der Waals surface area contributed by atoms with Gasteiger partial charge in [0.2, 0.25) is 0 Å². The zero-order valence-corrected chi connectivity index (χ0v) is 13.8. The molecule has 0 bridgehead atoms. The average Bonchev–Trinajstić information content (AvgIpc) is 3.12. The monoisotopic (exact) mass is 313 g/mol. The Kier molecular flexibility index (Phi) is 5.39. The molecule has 0 saturated carbocycles. The number of nitrogens with zero attached hydrogens (tertiary/aromatic N) is 1. The quantitative estimate of drug-likeness (QED) is 0.747. The van der Waals surface area contributed by atoms with Gasteiger partial charge < -0.3 is 0 Å². The highest BCUT2D eigenvalue weighted by Crippen LogP contribution is 2.34. The SMILES string of the molecule is CC.CN1C(=O)S/C(=C\C2=CC=C(c3ccccc3)C2)C1=O. The molecule has 1 saturated heterocycles. The van der Waals surface area contributed by atoms with Crippen LogP contribution in [0.5, 0.6) is 0 Å². The summed E-state index contributed by atoms with van der Waals surface area (Å²) in [5, 5.41) is -0.212. The summed E-state index contributed by atoms with van der Waals surface area (Å²) >= 11 is 1.00. The van der Waals surface area contributed by atoms with E-state index in [-0.39, 0.29) is 11.1 Å². The van der Waals surface area contributed by atoms with Crippen LogP contribution in [-0.2, 0) is 4.79 Å². The summed E-state index contributed by atoms with van der Waals surface area (Å²) in [6, 6.07) is 10.2. The van der Waals surface area contributed by atoms with E-state index in [4.69, 9.17) is 0 Å². The summed E-state index contributed by atoms with van der Waals surface area (Å²) in [5.74, 6) is -0.214. The molecule has 3 rings (SSSR count). The second-order valence-corrected chi connectivity index (χ2v) is 5.71. The van der Waals surface area contributed by atoms with Crippen molar-refractivity contribution in [2.24, 2.45) is 0 Å². The van der Waals surface area contributed by atoms with Crippen LogP contribution in [0.2, 0.25) is 0 Å². The molecule has 114 valence electrons. The van der Waals surface area contributed by atoms with Gasteiger partial charge in [0.05, 0.1) is 4.91 Å². The minimum Gasteiger partial charge on any atom is -0.272 e. The third-order valence-corrected chi connectivity index (χ3v) is 4.30.